The molecule has 1 rings (SSSR count). The van der Waals surface area contributed by atoms with Crippen LogP contribution in [0.2, 0.25) is 0 Å². The number of amides is 1. The van der Waals surface area contributed by atoms with Crippen molar-refractivity contribution in [3.8, 4) is 0 Å². The summed E-state index contributed by atoms with van der Waals surface area (Å²) in [5.41, 5.74) is 3.80. The van der Waals surface area contributed by atoms with E-state index in [2.05, 4.69) is 10.5 Å². The highest BCUT2D eigenvalue weighted by molar-refractivity contribution is 5.99. The van der Waals surface area contributed by atoms with Gasteiger partial charge in [0.15, 0.2) is 5.84 Å². The molecule has 0 aromatic heterocycles. The largest absolute Gasteiger partial charge is 0.417 e. The van der Waals surface area contributed by atoms with E-state index in [0.717, 1.165) is 12.1 Å². The van der Waals surface area contributed by atoms with E-state index in [1.807, 2.05) is 0 Å². The van der Waals surface area contributed by atoms with Gasteiger partial charge in [-0.3, -0.25) is 4.79 Å². The molecule has 1 aromatic carbocycles. The molecule has 0 saturated heterocycles. The lowest BCUT2D eigenvalue weighted by atomic mass is 10.1. The van der Waals surface area contributed by atoms with Gasteiger partial charge in [-0.25, -0.2) is 0 Å². The lowest BCUT2D eigenvalue weighted by Gasteiger charge is -2.17. The molecule has 20 heavy (non-hydrogen) atoms. The number of nitrogens with zero attached hydrogens (tertiary/aromatic N) is 1. The minimum absolute atomic E-state index is 0.273. The van der Waals surface area contributed by atoms with E-state index in [-0.39, 0.29) is 12.3 Å². The molecule has 1 aromatic rings. The second-order valence-electron chi connectivity index (χ2n) is 4.00. The standard InChI is InChI=1S/C12H14F3N3O2/c1-2-9(10(16)18-20)17-11(19)7-5-3-4-6-8(7)12(13,14)15/h3-6,9,20H,2H2,1H3,(H2,16,18)(H,17,19). The summed E-state index contributed by atoms with van der Waals surface area (Å²) in [6.45, 7) is 1.64. The lowest BCUT2D eigenvalue weighted by Crippen LogP contribution is -2.44. The molecule has 0 fully saturated rings. The van der Waals surface area contributed by atoms with Crippen LogP contribution in [0.1, 0.15) is 29.3 Å². The van der Waals surface area contributed by atoms with Gasteiger partial charge >= 0.3 is 6.18 Å². The number of amidine groups is 1. The summed E-state index contributed by atoms with van der Waals surface area (Å²) in [5.74, 6) is -1.21. The normalized spacial score (nSPS) is 13.9. The number of oxime groups is 1. The van der Waals surface area contributed by atoms with E-state index in [0.29, 0.717) is 0 Å². The third-order valence-corrected chi connectivity index (χ3v) is 2.66. The van der Waals surface area contributed by atoms with Crippen LogP contribution in [0.5, 0.6) is 0 Å². The van der Waals surface area contributed by atoms with Crippen molar-refractivity contribution in [1.29, 1.82) is 0 Å². The van der Waals surface area contributed by atoms with Gasteiger partial charge in [-0.05, 0) is 18.6 Å². The Morgan fingerprint density at radius 2 is 2.05 bits per heavy atom. The van der Waals surface area contributed by atoms with Gasteiger partial charge in [0.1, 0.15) is 0 Å². The van der Waals surface area contributed by atoms with Crippen molar-refractivity contribution < 1.29 is 23.2 Å². The Morgan fingerprint density at radius 1 is 1.45 bits per heavy atom. The average Bonchev–Trinajstić information content (AvgIpc) is 2.42. The Morgan fingerprint density at radius 3 is 2.55 bits per heavy atom. The Kier molecular flexibility index (Phi) is 4.95. The molecule has 1 atom stereocenters. The van der Waals surface area contributed by atoms with Crippen LogP contribution >= 0.6 is 0 Å². The number of hydrogen-bond donors (Lipinski definition) is 3. The monoisotopic (exact) mass is 289 g/mol. The maximum atomic E-state index is 12.8. The minimum atomic E-state index is -4.63. The van der Waals surface area contributed by atoms with Crippen LogP contribution in [0, 0.1) is 0 Å². The molecular formula is C12H14F3N3O2. The average molecular weight is 289 g/mol. The zero-order valence-electron chi connectivity index (χ0n) is 10.6. The predicted octanol–water partition coefficient (Wildman–Crippen LogP) is 1.96. The predicted molar refractivity (Wildman–Crippen MR) is 66.4 cm³/mol. The van der Waals surface area contributed by atoms with E-state index in [1.165, 1.54) is 12.1 Å². The topological polar surface area (TPSA) is 87.7 Å². The summed E-state index contributed by atoms with van der Waals surface area (Å²) < 4.78 is 38.4. The first-order chi connectivity index (χ1) is 9.31. The molecule has 4 N–H and O–H groups in total. The fourth-order valence-electron chi connectivity index (χ4n) is 1.62. The van der Waals surface area contributed by atoms with Crippen LogP contribution < -0.4 is 11.1 Å². The van der Waals surface area contributed by atoms with Gasteiger partial charge in [0, 0.05) is 0 Å². The molecule has 5 nitrogen and oxygen atoms in total. The van der Waals surface area contributed by atoms with Crippen molar-refractivity contribution in [3.63, 3.8) is 0 Å². The van der Waals surface area contributed by atoms with E-state index in [1.54, 1.807) is 6.92 Å². The maximum absolute atomic E-state index is 12.8. The van der Waals surface area contributed by atoms with E-state index < -0.39 is 29.3 Å². The second kappa shape index (κ2) is 6.27. The number of carbonyl (C=O) groups excluding carboxylic acids is 1. The highest BCUT2D eigenvalue weighted by Crippen LogP contribution is 2.31. The summed E-state index contributed by atoms with van der Waals surface area (Å²) in [4.78, 5) is 11.9. The molecule has 0 aliphatic carbocycles. The van der Waals surface area contributed by atoms with Crippen molar-refractivity contribution in [1.82, 2.24) is 5.32 Å². The third-order valence-electron chi connectivity index (χ3n) is 2.66. The van der Waals surface area contributed by atoms with Crippen molar-refractivity contribution in [2.24, 2.45) is 10.9 Å². The van der Waals surface area contributed by atoms with Gasteiger partial charge in [-0.15, -0.1) is 0 Å². The number of rotatable bonds is 4. The lowest BCUT2D eigenvalue weighted by molar-refractivity contribution is -0.137. The molecule has 8 heteroatoms. The molecule has 0 aliphatic rings. The van der Waals surface area contributed by atoms with Crippen molar-refractivity contribution in [2.75, 3.05) is 0 Å². The molecule has 0 aliphatic heterocycles. The van der Waals surface area contributed by atoms with E-state index in [4.69, 9.17) is 10.9 Å². The molecule has 110 valence electrons. The second-order valence-corrected chi connectivity index (χ2v) is 4.00. The van der Waals surface area contributed by atoms with Gasteiger partial charge in [-0.2, -0.15) is 13.2 Å². The summed E-state index contributed by atoms with van der Waals surface area (Å²) in [5, 5.41) is 13.6. The Balaban J connectivity index is 3.05. The first kappa shape index (κ1) is 15.8. The summed E-state index contributed by atoms with van der Waals surface area (Å²) in [7, 11) is 0. The van der Waals surface area contributed by atoms with Gasteiger partial charge in [0.25, 0.3) is 5.91 Å². The number of hydrogen-bond acceptors (Lipinski definition) is 3. The summed E-state index contributed by atoms with van der Waals surface area (Å²) in [6, 6.07) is 3.57. The maximum Gasteiger partial charge on any atom is 0.417 e. The van der Waals surface area contributed by atoms with Crippen molar-refractivity contribution >= 4 is 11.7 Å². The first-order valence-corrected chi connectivity index (χ1v) is 5.75. The van der Waals surface area contributed by atoms with Crippen LogP contribution in [-0.2, 0) is 6.18 Å². The quantitative estimate of drug-likeness (QED) is 0.343. The van der Waals surface area contributed by atoms with Crippen LogP contribution in [0.15, 0.2) is 29.4 Å². The van der Waals surface area contributed by atoms with E-state index in [9.17, 15) is 18.0 Å². The molecule has 0 spiro atoms. The van der Waals surface area contributed by atoms with Gasteiger partial charge in [0.05, 0.1) is 17.2 Å². The fourth-order valence-corrected chi connectivity index (χ4v) is 1.62. The minimum Gasteiger partial charge on any atom is -0.409 e. The molecule has 0 bridgehead atoms. The molecule has 0 heterocycles. The van der Waals surface area contributed by atoms with Crippen molar-refractivity contribution in [3.05, 3.63) is 35.4 Å². The smallest absolute Gasteiger partial charge is 0.409 e. The zero-order valence-corrected chi connectivity index (χ0v) is 10.6. The van der Waals surface area contributed by atoms with Gasteiger partial charge < -0.3 is 16.3 Å². The van der Waals surface area contributed by atoms with Gasteiger partial charge in [0.2, 0.25) is 0 Å². The summed E-state index contributed by atoms with van der Waals surface area (Å²) in [6.07, 6.45) is -4.36. The highest BCUT2D eigenvalue weighted by atomic mass is 19.4. The number of benzene rings is 1. The molecule has 1 unspecified atom stereocenters. The number of nitrogens with one attached hydrogen (secondary N) is 1. The van der Waals surface area contributed by atoms with Gasteiger partial charge in [-0.1, -0.05) is 24.2 Å². The Bertz CT molecular complexity index is 515. The number of nitrogens with two attached hydrogens (primary N) is 1. The van der Waals surface area contributed by atoms with Crippen LogP contribution in [-0.4, -0.2) is 23.0 Å². The highest BCUT2D eigenvalue weighted by Gasteiger charge is 2.35. The molecule has 0 saturated carbocycles. The number of halogens is 3. The molecule has 0 radical (unpaired) electrons. The van der Waals surface area contributed by atoms with Crippen molar-refractivity contribution in [2.45, 2.75) is 25.6 Å². The SMILES string of the molecule is CCC(NC(=O)c1ccccc1C(F)(F)F)/C(N)=N/O. The molecule has 1 amide bonds. The molecular weight excluding hydrogens is 275 g/mol. The Labute approximate surface area is 113 Å². The first-order valence-electron chi connectivity index (χ1n) is 5.75. The number of carbonyl (C=O) groups is 1. The van der Waals surface area contributed by atoms with E-state index >= 15 is 0 Å². The van der Waals surface area contributed by atoms with Crippen LogP contribution in [0.3, 0.4) is 0 Å². The summed E-state index contributed by atoms with van der Waals surface area (Å²) >= 11 is 0. The van der Waals surface area contributed by atoms with Crippen LogP contribution in [0.4, 0.5) is 13.2 Å². The third kappa shape index (κ3) is 3.62. The fraction of sp³-hybridized carbons (Fsp3) is 0.333. The zero-order chi connectivity index (χ0) is 15.3. The Hall–Kier alpha value is -2.25. The van der Waals surface area contributed by atoms with Crippen LogP contribution in [0.25, 0.3) is 0 Å². The number of alkyl halides is 3.